The van der Waals surface area contributed by atoms with Gasteiger partial charge < -0.3 is 15.0 Å². The molecule has 2 aromatic carbocycles. The predicted molar refractivity (Wildman–Crippen MR) is 103 cm³/mol. The van der Waals surface area contributed by atoms with E-state index >= 15 is 0 Å². The van der Waals surface area contributed by atoms with E-state index in [-0.39, 0.29) is 23.5 Å². The molecule has 27 heavy (non-hydrogen) atoms. The van der Waals surface area contributed by atoms with Crippen LogP contribution < -0.4 is 4.90 Å². The third-order valence-corrected chi connectivity index (χ3v) is 5.85. The number of imidazole rings is 1. The molecule has 1 aliphatic carbocycles. The van der Waals surface area contributed by atoms with E-state index in [0.29, 0.717) is 13.0 Å². The number of amides is 1. The predicted octanol–water partition coefficient (Wildman–Crippen LogP) is 3.40. The van der Waals surface area contributed by atoms with Crippen molar-refractivity contribution in [2.45, 2.75) is 25.2 Å². The number of rotatable bonds is 2. The summed E-state index contributed by atoms with van der Waals surface area (Å²) in [6, 6.07) is 15.5. The first-order chi connectivity index (χ1) is 13.2. The number of carbonyl (C=O) groups is 1. The van der Waals surface area contributed by atoms with Gasteiger partial charge >= 0.3 is 0 Å². The Kier molecular flexibility index (Phi) is 3.74. The van der Waals surface area contributed by atoms with Gasteiger partial charge in [0, 0.05) is 36.2 Å². The summed E-state index contributed by atoms with van der Waals surface area (Å²) in [4.78, 5) is 22.9. The number of anilines is 1. The standard InChI is InChI=1S/C22H21N3O2/c26-16-5-3-4-14(10-16)18-12-25(21-7-2-1-6-17(18)21)22(27)15-8-9-19-20(11-15)24-13-23-19/h1-7,10,13,15,18,26H,8-9,11-12H2,(H,23,24). The van der Waals surface area contributed by atoms with Crippen LogP contribution >= 0.6 is 0 Å². The second-order valence-corrected chi connectivity index (χ2v) is 7.42. The molecule has 0 bridgehead atoms. The quantitative estimate of drug-likeness (QED) is 0.737. The van der Waals surface area contributed by atoms with Gasteiger partial charge in [-0.05, 0) is 42.2 Å². The minimum Gasteiger partial charge on any atom is -0.508 e. The zero-order valence-electron chi connectivity index (χ0n) is 14.9. The molecule has 1 amide bonds. The van der Waals surface area contributed by atoms with Crippen molar-refractivity contribution in [3.8, 4) is 5.75 Å². The van der Waals surface area contributed by atoms with Crippen molar-refractivity contribution in [1.29, 1.82) is 0 Å². The summed E-state index contributed by atoms with van der Waals surface area (Å²) in [5.74, 6) is 0.491. The Bertz CT molecular complexity index is 1010. The van der Waals surface area contributed by atoms with Crippen molar-refractivity contribution < 1.29 is 9.90 Å². The van der Waals surface area contributed by atoms with Gasteiger partial charge in [-0.15, -0.1) is 0 Å². The van der Waals surface area contributed by atoms with Gasteiger partial charge in [0.05, 0.1) is 12.0 Å². The first-order valence-corrected chi connectivity index (χ1v) is 9.41. The van der Waals surface area contributed by atoms with Crippen molar-refractivity contribution in [2.24, 2.45) is 5.92 Å². The Morgan fingerprint density at radius 1 is 1.19 bits per heavy atom. The minimum atomic E-state index is -0.0308. The van der Waals surface area contributed by atoms with Crippen LogP contribution in [0.4, 0.5) is 5.69 Å². The fraction of sp³-hybridized carbons (Fsp3) is 0.273. The first-order valence-electron chi connectivity index (χ1n) is 9.41. The average molecular weight is 359 g/mol. The largest absolute Gasteiger partial charge is 0.508 e. The normalized spacial score (nSPS) is 21.0. The number of hydrogen-bond acceptors (Lipinski definition) is 3. The smallest absolute Gasteiger partial charge is 0.230 e. The number of nitrogens with zero attached hydrogens (tertiary/aromatic N) is 2. The van der Waals surface area contributed by atoms with Gasteiger partial charge in [0.2, 0.25) is 5.91 Å². The summed E-state index contributed by atoms with van der Waals surface area (Å²) in [6.07, 6.45) is 4.15. The van der Waals surface area contributed by atoms with Crippen molar-refractivity contribution in [3.63, 3.8) is 0 Å². The second kappa shape index (κ2) is 6.27. The molecule has 2 aliphatic rings. The zero-order valence-corrected chi connectivity index (χ0v) is 14.9. The molecule has 2 heterocycles. The molecule has 5 rings (SSSR count). The molecule has 2 N–H and O–H groups in total. The van der Waals surface area contributed by atoms with Crippen molar-refractivity contribution in [1.82, 2.24) is 9.97 Å². The Morgan fingerprint density at radius 3 is 2.96 bits per heavy atom. The Morgan fingerprint density at radius 2 is 2.07 bits per heavy atom. The van der Waals surface area contributed by atoms with Crippen LogP contribution in [0.5, 0.6) is 5.75 Å². The summed E-state index contributed by atoms with van der Waals surface area (Å²) in [5.41, 5.74) is 5.36. The van der Waals surface area contributed by atoms with Crippen LogP contribution in [0.2, 0.25) is 0 Å². The number of carbonyl (C=O) groups excluding carboxylic acids is 1. The molecule has 0 saturated carbocycles. The van der Waals surface area contributed by atoms with Gasteiger partial charge in [-0.1, -0.05) is 30.3 Å². The Labute approximate surface area is 157 Å². The first kappa shape index (κ1) is 16.1. The number of nitrogens with one attached hydrogen (secondary N) is 1. The number of para-hydroxylation sites is 1. The number of H-pyrrole nitrogens is 1. The fourth-order valence-electron chi connectivity index (χ4n) is 4.47. The molecule has 2 unspecified atom stereocenters. The molecule has 1 aromatic heterocycles. The Hall–Kier alpha value is -3.08. The molecular formula is C22H21N3O2. The lowest BCUT2D eigenvalue weighted by atomic mass is 9.88. The van der Waals surface area contributed by atoms with E-state index in [1.807, 2.05) is 35.2 Å². The number of benzene rings is 2. The SMILES string of the molecule is O=C(C1CCc2[nH]cnc2C1)N1CC(c2cccc(O)c2)c2ccccc21. The summed E-state index contributed by atoms with van der Waals surface area (Å²) < 4.78 is 0. The number of aromatic amines is 1. The van der Waals surface area contributed by atoms with Crippen LogP contribution in [0.1, 0.15) is 34.9 Å². The number of phenols is 1. The third kappa shape index (κ3) is 2.70. The van der Waals surface area contributed by atoms with Gasteiger partial charge in [-0.2, -0.15) is 0 Å². The number of fused-ring (bicyclic) bond motifs is 2. The van der Waals surface area contributed by atoms with E-state index in [4.69, 9.17) is 0 Å². The van der Waals surface area contributed by atoms with E-state index in [9.17, 15) is 9.90 Å². The van der Waals surface area contributed by atoms with E-state index < -0.39 is 0 Å². The molecule has 2 atom stereocenters. The molecule has 0 fully saturated rings. The molecular weight excluding hydrogens is 338 g/mol. The van der Waals surface area contributed by atoms with Gasteiger partial charge in [0.15, 0.2) is 0 Å². The average Bonchev–Trinajstić information content (AvgIpc) is 3.31. The lowest BCUT2D eigenvalue weighted by Gasteiger charge is -2.26. The highest BCUT2D eigenvalue weighted by Crippen LogP contribution is 2.42. The molecule has 5 heteroatoms. The lowest BCUT2D eigenvalue weighted by Crippen LogP contribution is -2.38. The monoisotopic (exact) mass is 359 g/mol. The molecule has 3 aromatic rings. The highest BCUT2D eigenvalue weighted by atomic mass is 16.3. The van der Waals surface area contributed by atoms with E-state index in [1.54, 1.807) is 18.5 Å². The fourth-order valence-corrected chi connectivity index (χ4v) is 4.47. The van der Waals surface area contributed by atoms with Gasteiger partial charge in [0.25, 0.3) is 0 Å². The van der Waals surface area contributed by atoms with Crippen LogP contribution in [-0.2, 0) is 17.6 Å². The summed E-state index contributed by atoms with van der Waals surface area (Å²) >= 11 is 0. The summed E-state index contributed by atoms with van der Waals surface area (Å²) in [5, 5.41) is 9.88. The maximum absolute atomic E-state index is 13.4. The summed E-state index contributed by atoms with van der Waals surface area (Å²) in [6.45, 7) is 0.617. The second-order valence-electron chi connectivity index (χ2n) is 7.42. The van der Waals surface area contributed by atoms with E-state index in [1.165, 1.54) is 5.69 Å². The number of aromatic hydroxyl groups is 1. The zero-order chi connectivity index (χ0) is 18.4. The lowest BCUT2D eigenvalue weighted by molar-refractivity contribution is -0.122. The number of aromatic nitrogens is 2. The van der Waals surface area contributed by atoms with E-state index in [0.717, 1.165) is 35.3 Å². The van der Waals surface area contributed by atoms with Crippen LogP contribution in [-0.4, -0.2) is 27.5 Å². The third-order valence-electron chi connectivity index (χ3n) is 5.85. The number of phenolic OH excluding ortho intramolecular Hbond substituents is 1. The highest BCUT2D eigenvalue weighted by molar-refractivity contribution is 5.98. The van der Waals surface area contributed by atoms with Gasteiger partial charge in [-0.3, -0.25) is 4.79 Å². The molecule has 0 spiro atoms. The van der Waals surface area contributed by atoms with Crippen LogP contribution in [0, 0.1) is 5.92 Å². The van der Waals surface area contributed by atoms with Gasteiger partial charge in [0.1, 0.15) is 5.75 Å². The number of aryl methyl sites for hydroxylation is 1. The highest BCUT2D eigenvalue weighted by Gasteiger charge is 2.37. The van der Waals surface area contributed by atoms with E-state index in [2.05, 4.69) is 16.0 Å². The van der Waals surface area contributed by atoms with Crippen molar-refractivity contribution in [3.05, 3.63) is 77.4 Å². The van der Waals surface area contributed by atoms with Crippen LogP contribution in [0.3, 0.4) is 0 Å². The topological polar surface area (TPSA) is 69.2 Å². The molecule has 5 nitrogen and oxygen atoms in total. The molecule has 136 valence electrons. The number of hydrogen-bond donors (Lipinski definition) is 2. The Balaban J connectivity index is 1.46. The molecule has 1 aliphatic heterocycles. The van der Waals surface area contributed by atoms with Crippen molar-refractivity contribution >= 4 is 11.6 Å². The molecule has 0 saturated heterocycles. The minimum absolute atomic E-state index is 0.0308. The van der Waals surface area contributed by atoms with Gasteiger partial charge in [-0.25, -0.2) is 4.98 Å². The summed E-state index contributed by atoms with van der Waals surface area (Å²) in [7, 11) is 0. The van der Waals surface area contributed by atoms with Crippen molar-refractivity contribution in [2.75, 3.05) is 11.4 Å². The molecule has 0 radical (unpaired) electrons. The maximum Gasteiger partial charge on any atom is 0.230 e. The van der Waals surface area contributed by atoms with Crippen LogP contribution in [0.25, 0.3) is 0 Å². The maximum atomic E-state index is 13.4. The van der Waals surface area contributed by atoms with Crippen LogP contribution in [0.15, 0.2) is 54.9 Å².